The number of rotatable bonds is 3. The normalized spacial score (nSPS) is 36.4. The minimum atomic E-state index is -0.290. The van der Waals surface area contributed by atoms with Crippen molar-refractivity contribution in [3.63, 3.8) is 0 Å². The molecule has 5 rings (SSSR count). The summed E-state index contributed by atoms with van der Waals surface area (Å²) >= 11 is 6.82. The minimum Gasteiger partial charge on any atom is -0.326 e. The first-order valence-corrected chi connectivity index (χ1v) is 9.12. The molecule has 2 N–H and O–H groups in total. The summed E-state index contributed by atoms with van der Waals surface area (Å²) in [5.74, 6) is 1.23. The quantitative estimate of drug-likeness (QED) is 0.807. The van der Waals surface area contributed by atoms with E-state index < -0.39 is 0 Å². The first kappa shape index (κ1) is 15.9. The van der Waals surface area contributed by atoms with Crippen molar-refractivity contribution in [3.05, 3.63) is 24.3 Å². The fraction of sp³-hybridized carbons (Fsp3) is 0.579. The Morgan fingerprint density at radius 1 is 1.00 bits per heavy atom. The van der Waals surface area contributed by atoms with Crippen molar-refractivity contribution >= 4 is 34.8 Å². The topological polar surface area (TPSA) is 58.2 Å². The zero-order chi connectivity index (χ0) is 16.9. The molecule has 5 heteroatoms. The molecule has 1 aromatic rings. The van der Waals surface area contributed by atoms with Gasteiger partial charge in [-0.3, -0.25) is 9.59 Å². The highest BCUT2D eigenvalue weighted by Gasteiger charge is 2.60. The van der Waals surface area contributed by atoms with Crippen molar-refractivity contribution in [2.24, 2.45) is 17.3 Å². The van der Waals surface area contributed by atoms with Crippen LogP contribution in [0.15, 0.2) is 24.3 Å². The van der Waals surface area contributed by atoms with Crippen molar-refractivity contribution in [1.82, 2.24) is 0 Å². The van der Waals surface area contributed by atoms with Crippen LogP contribution in [0, 0.1) is 17.3 Å². The predicted octanol–water partition coefficient (Wildman–Crippen LogP) is 4.16. The second-order valence-electron chi connectivity index (χ2n) is 8.10. The lowest BCUT2D eigenvalue weighted by molar-refractivity contribution is -0.138. The molecule has 4 aliphatic rings. The third-order valence-electron chi connectivity index (χ3n) is 5.93. The van der Waals surface area contributed by atoms with E-state index in [9.17, 15) is 9.59 Å². The Labute approximate surface area is 147 Å². The molecular formula is C19H23ClN2O2. The van der Waals surface area contributed by atoms with E-state index in [4.69, 9.17) is 11.6 Å². The van der Waals surface area contributed by atoms with Gasteiger partial charge in [0.2, 0.25) is 11.8 Å². The van der Waals surface area contributed by atoms with Crippen molar-refractivity contribution in [3.8, 4) is 0 Å². The Bertz CT molecular complexity index is 671. The molecule has 0 aliphatic heterocycles. The van der Waals surface area contributed by atoms with E-state index in [2.05, 4.69) is 10.6 Å². The van der Waals surface area contributed by atoms with Gasteiger partial charge in [-0.1, -0.05) is 0 Å². The number of hydrogen-bond acceptors (Lipinski definition) is 2. The van der Waals surface area contributed by atoms with Crippen molar-refractivity contribution in [2.45, 2.75) is 50.3 Å². The number of carbonyl (C=O) groups is 2. The number of carbonyl (C=O) groups excluding carboxylic acids is 2. The lowest BCUT2D eigenvalue weighted by atomic mass is 9.49. The molecule has 0 heterocycles. The molecule has 24 heavy (non-hydrogen) atoms. The highest BCUT2D eigenvalue weighted by Crippen LogP contribution is 2.64. The molecule has 4 aliphatic carbocycles. The highest BCUT2D eigenvalue weighted by atomic mass is 35.5. The van der Waals surface area contributed by atoms with Crippen LogP contribution in [0.4, 0.5) is 11.4 Å². The van der Waals surface area contributed by atoms with Crippen LogP contribution in [-0.2, 0) is 9.59 Å². The Balaban J connectivity index is 1.49. The van der Waals surface area contributed by atoms with Gasteiger partial charge in [0.25, 0.3) is 0 Å². The fourth-order valence-electron chi connectivity index (χ4n) is 5.52. The molecule has 4 atom stereocenters. The number of nitrogens with one attached hydrogen (secondary N) is 2. The van der Waals surface area contributed by atoms with Crippen LogP contribution in [0.5, 0.6) is 0 Å². The van der Waals surface area contributed by atoms with Gasteiger partial charge in [-0.05, 0) is 74.6 Å². The molecule has 0 spiro atoms. The van der Waals surface area contributed by atoms with Gasteiger partial charge in [0.1, 0.15) is 0 Å². The Hall–Kier alpha value is -1.55. The largest absolute Gasteiger partial charge is 0.326 e. The van der Waals surface area contributed by atoms with Crippen molar-refractivity contribution in [1.29, 1.82) is 0 Å². The van der Waals surface area contributed by atoms with Gasteiger partial charge >= 0.3 is 0 Å². The SMILES string of the molecule is CC(=O)Nc1ccc(NC(=O)C23C[C@@H]4C[C@@H](CC(Cl)(C4)C2)C3)cc1. The Morgan fingerprint density at radius 3 is 2.04 bits per heavy atom. The van der Waals surface area contributed by atoms with Crippen LogP contribution in [0.2, 0.25) is 0 Å². The number of amides is 2. The number of halogens is 1. The maximum Gasteiger partial charge on any atom is 0.230 e. The molecule has 0 aromatic heterocycles. The summed E-state index contributed by atoms with van der Waals surface area (Å²) in [5.41, 5.74) is 1.21. The van der Waals surface area contributed by atoms with Gasteiger partial charge in [0, 0.05) is 23.2 Å². The molecule has 4 bridgehead atoms. The maximum atomic E-state index is 13.0. The van der Waals surface area contributed by atoms with Gasteiger partial charge in [-0.15, -0.1) is 11.6 Å². The summed E-state index contributed by atoms with van der Waals surface area (Å²) in [4.78, 5) is 23.9. The molecule has 4 fully saturated rings. The lowest BCUT2D eigenvalue weighted by Crippen LogP contribution is -2.57. The molecule has 4 saturated carbocycles. The summed E-state index contributed by atoms with van der Waals surface area (Å²) in [6.45, 7) is 1.48. The Morgan fingerprint density at radius 2 is 1.54 bits per heavy atom. The fourth-order valence-corrected chi connectivity index (χ4v) is 6.21. The number of benzene rings is 1. The van der Waals surface area contributed by atoms with Crippen LogP contribution in [0.25, 0.3) is 0 Å². The molecule has 0 radical (unpaired) electrons. The standard InChI is InChI=1S/C19H23ClN2O2/c1-12(23)21-15-2-4-16(5-3-15)22-17(24)18-7-13-6-14(8-18)10-19(20,9-13)11-18/h2-5,13-14H,6-11H2,1H3,(H,21,23)(H,22,24)/t13-,14+,18?,19?. The van der Waals surface area contributed by atoms with Crippen LogP contribution < -0.4 is 10.6 Å². The molecule has 128 valence electrons. The summed E-state index contributed by atoms with van der Waals surface area (Å²) in [6.07, 6.45) is 6.16. The lowest BCUT2D eigenvalue weighted by Gasteiger charge is -2.59. The molecule has 1 aromatic carbocycles. The average Bonchev–Trinajstić information content (AvgIpc) is 2.46. The predicted molar refractivity (Wildman–Crippen MR) is 95.1 cm³/mol. The third-order valence-corrected chi connectivity index (χ3v) is 6.38. The zero-order valence-electron chi connectivity index (χ0n) is 13.9. The zero-order valence-corrected chi connectivity index (χ0v) is 14.7. The monoisotopic (exact) mass is 346 g/mol. The van der Waals surface area contributed by atoms with Crippen LogP contribution in [0.1, 0.15) is 45.4 Å². The van der Waals surface area contributed by atoms with Crippen molar-refractivity contribution < 1.29 is 9.59 Å². The average molecular weight is 347 g/mol. The summed E-state index contributed by atoms with van der Waals surface area (Å²) in [5, 5.41) is 5.82. The first-order chi connectivity index (χ1) is 11.4. The molecule has 2 amide bonds. The van der Waals surface area contributed by atoms with Gasteiger partial charge in [0.05, 0.1) is 5.41 Å². The van der Waals surface area contributed by atoms with E-state index in [0.29, 0.717) is 11.8 Å². The second kappa shape index (κ2) is 5.48. The van der Waals surface area contributed by atoms with Gasteiger partial charge in [-0.2, -0.15) is 0 Å². The van der Waals surface area contributed by atoms with Crippen LogP contribution >= 0.6 is 11.6 Å². The van der Waals surface area contributed by atoms with E-state index in [0.717, 1.165) is 43.5 Å². The van der Waals surface area contributed by atoms with Gasteiger partial charge in [-0.25, -0.2) is 0 Å². The van der Waals surface area contributed by atoms with E-state index >= 15 is 0 Å². The molecule has 0 saturated heterocycles. The van der Waals surface area contributed by atoms with E-state index in [1.807, 2.05) is 12.1 Å². The van der Waals surface area contributed by atoms with Gasteiger partial charge < -0.3 is 10.6 Å². The van der Waals surface area contributed by atoms with E-state index in [1.165, 1.54) is 13.3 Å². The second-order valence-corrected chi connectivity index (χ2v) is 8.91. The maximum absolute atomic E-state index is 13.0. The van der Waals surface area contributed by atoms with Crippen LogP contribution in [0.3, 0.4) is 0 Å². The summed E-state index contributed by atoms with van der Waals surface area (Å²) < 4.78 is 0. The van der Waals surface area contributed by atoms with Crippen molar-refractivity contribution in [2.75, 3.05) is 10.6 Å². The van der Waals surface area contributed by atoms with Crippen LogP contribution in [-0.4, -0.2) is 16.7 Å². The third kappa shape index (κ3) is 2.81. The van der Waals surface area contributed by atoms with E-state index in [1.54, 1.807) is 12.1 Å². The number of anilines is 2. The molecule has 2 unspecified atom stereocenters. The first-order valence-electron chi connectivity index (χ1n) is 8.74. The highest BCUT2D eigenvalue weighted by molar-refractivity contribution is 6.24. The molecule has 4 nitrogen and oxygen atoms in total. The smallest absolute Gasteiger partial charge is 0.230 e. The molecular weight excluding hydrogens is 324 g/mol. The Kier molecular flexibility index (Phi) is 3.64. The van der Waals surface area contributed by atoms with E-state index in [-0.39, 0.29) is 22.1 Å². The number of hydrogen-bond donors (Lipinski definition) is 2. The minimum absolute atomic E-state index is 0.104. The summed E-state index contributed by atoms with van der Waals surface area (Å²) in [7, 11) is 0. The van der Waals surface area contributed by atoms with Gasteiger partial charge in [0.15, 0.2) is 0 Å². The number of alkyl halides is 1. The summed E-state index contributed by atoms with van der Waals surface area (Å²) in [6, 6.07) is 7.28.